The number of rotatable bonds is 8. The summed E-state index contributed by atoms with van der Waals surface area (Å²) in [7, 11) is 3.40. The van der Waals surface area contributed by atoms with Gasteiger partial charge in [0.1, 0.15) is 11.4 Å². The summed E-state index contributed by atoms with van der Waals surface area (Å²) in [4.78, 5) is 14.6. The van der Waals surface area contributed by atoms with Crippen LogP contribution < -0.4 is 10.1 Å². The summed E-state index contributed by atoms with van der Waals surface area (Å²) >= 11 is 0. The number of amides is 1. The molecule has 1 amide bonds. The van der Waals surface area contributed by atoms with E-state index in [1.165, 1.54) is 4.80 Å². The van der Waals surface area contributed by atoms with Crippen LogP contribution in [0, 0.1) is 0 Å². The highest BCUT2D eigenvalue weighted by atomic mass is 16.5. The van der Waals surface area contributed by atoms with E-state index in [2.05, 4.69) is 15.5 Å². The molecule has 0 spiro atoms. The Hall–Kier alpha value is -3.94. The monoisotopic (exact) mass is 416 g/mol. The molecule has 4 aromatic rings. The number of benzene rings is 2. The number of methoxy groups -OCH3 is 1. The van der Waals surface area contributed by atoms with E-state index < -0.39 is 0 Å². The van der Waals surface area contributed by atoms with Gasteiger partial charge in [0.15, 0.2) is 0 Å². The van der Waals surface area contributed by atoms with Crippen molar-refractivity contribution in [3.05, 3.63) is 78.2 Å². The van der Waals surface area contributed by atoms with Crippen molar-refractivity contribution >= 4 is 5.91 Å². The topological polar surface area (TPSA) is 86.9 Å². The minimum absolute atomic E-state index is 0.178. The molecule has 2 heterocycles. The average Bonchev–Trinajstić information content (AvgIpc) is 3.43. The van der Waals surface area contributed by atoms with Crippen LogP contribution >= 0.6 is 0 Å². The molecule has 0 saturated heterocycles. The highest BCUT2D eigenvalue weighted by molar-refractivity contribution is 6.00. The molecular weight excluding hydrogens is 392 g/mol. The molecule has 158 valence electrons. The van der Waals surface area contributed by atoms with E-state index in [1.807, 2.05) is 54.6 Å². The fourth-order valence-electron chi connectivity index (χ4n) is 3.36. The molecule has 8 heteroatoms. The normalized spacial score (nSPS) is 10.8. The van der Waals surface area contributed by atoms with Gasteiger partial charge in [0.25, 0.3) is 5.91 Å². The minimum atomic E-state index is -0.178. The lowest BCUT2D eigenvalue weighted by Crippen LogP contribution is -2.25. The average molecular weight is 416 g/mol. The lowest BCUT2D eigenvalue weighted by Gasteiger charge is -2.08. The van der Waals surface area contributed by atoms with E-state index >= 15 is 0 Å². The molecule has 1 N–H and O–H groups in total. The molecule has 0 aliphatic carbocycles. The molecule has 0 bridgehead atoms. The third-order valence-electron chi connectivity index (χ3n) is 4.88. The standard InChI is InChI=1S/C23H24N6O2/c1-28-25-15-17(26-28)9-8-14-24-23(30)20-16-29(18-10-4-3-5-11-18)27-22(20)19-12-6-7-13-21(19)31-2/h3-7,10-13,15-16H,8-9,14H2,1-2H3,(H,24,30). The van der Waals surface area contributed by atoms with Gasteiger partial charge in [0.2, 0.25) is 0 Å². The Labute approximate surface area is 180 Å². The van der Waals surface area contributed by atoms with Gasteiger partial charge in [0.05, 0.1) is 30.3 Å². The molecule has 0 unspecified atom stereocenters. The van der Waals surface area contributed by atoms with Crippen molar-refractivity contribution in [2.75, 3.05) is 13.7 Å². The quantitative estimate of drug-likeness (QED) is 0.446. The van der Waals surface area contributed by atoms with Gasteiger partial charge < -0.3 is 10.1 Å². The Morgan fingerprint density at radius 3 is 2.58 bits per heavy atom. The third kappa shape index (κ3) is 4.63. The maximum absolute atomic E-state index is 13.1. The number of aromatic nitrogens is 5. The van der Waals surface area contributed by atoms with Crippen molar-refractivity contribution < 1.29 is 9.53 Å². The summed E-state index contributed by atoms with van der Waals surface area (Å²) in [5.74, 6) is 0.486. The Balaban J connectivity index is 1.57. The number of hydrogen-bond donors (Lipinski definition) is 1. The highest BCUT2D eigenvalue weighted by Gasteiger charge is 2.20. The van der Waals surface area contributed by atoms with Gasteiger partial charge in [-0.15, -0.1) is 0 Å². The minimum Gasteiger partial charge on any atom is -0.496 e. The van der Waals surface area contributed by atoms with Crippen molar-refractivity contribution in [2.45, 2.75) is 12.8 Å². The van der Waals surface area contributed by atoms with E-state index in [-0.39, 0.29) is 5.91 Å². The van der Waals surface area contributed by atoms with Gasteiger partial charge in [0, 0.05) is 25.4 Å². The molecule has 2 aromatic carbocycles. The maximum atomic E-state index is 13.1. The van der Waals surface area contributed by atoms with Crippen LogP contribution in [0.2, 0.25) is 0 Å². The summed E-state index contributed by atoms with van der Waals surface area (Å²) in [6.45, 7) is 0.525. The first-order valence-electron chi connectivity index (χ1n) is 10.1. The van der Waals surface area contributed by atoms with Gasteiger partial charge in [-0.2, -0.15) is 20.1 Å². The second-order valence-corrected chi connectivity index (χ2v) is 7.06. The predicted octanol–water partition coefficient (Wildman–Crippen LogP) is 3.04. The lowest BCUT2D eigenvalue weighted by molar-refractivity contribution is 0.0954. The number of para-hydroxylation sites is 2. The summed E-state index contributed by atoms with van der Waals surface area (Å²) in [6.07, 6.45) is 5.01. The molecule has 0 saturated carbocycles. The van der Waals surface area contributed by atoms with Gasteiger partial charge >= 0.3 is 0 Å². The first-order chi connectivity index (χ1) is 15.2. The first kappa shape index (κ1) is 20.3. The van der Waals surface area contributed by atoms with E-state index in [9.17, 15) is 4.79 Å². The van der Waals surface area contributed by atoms with Crippen LogP contribution in [-0.4, -0.2) is 44.3 Å². The predicted molar refractivity (Wildman–Crippen MR) is 117 cm³/mol. The molecule has 0 aliphatic rings. The SMILES string of the molecule is COc1ccccc1-c1nn(-c2ccccc2)cc1C(=O)NCCCc1cnn(C)n1. The van der Waals surface area contributed by atoms with Crippen LogP contribution in [0.1, 0.15) is 22.5 Å². The van der Waals surface area contributed by atoms with Gasteiger partial charge in [-0.25, -0.2) is 4.68 Å². The Bertz CT molecular complexity index is 1170. The van der Waals surface area contributed by atoms with E-state index in [0.717, 1.165) is 29.8 Å². The molecule has 2 aromatic heterocycles. The zero-order valence-electron chi connectivity index (χ0n) is 17.5. The molecule has 0 fully saturated rings. The van der Waals surface area contributed by atoms with Gasteiger partial charge in [-0.1, -0.05) is 30.3 Å². The Morgan fingerprint density at radius 1 is 1.06 bits per heavy atom. The fraction of sp³-hybridized carbons (Fsp3) is 0.217. The van der Waals surface area contributed by atoms with Crippen molar-refractivity contribution in [3.8, 4) is 22.7 Å². The molecule has 31 heavy (non-hydrogen) atoms. The van der Waals surface area contributed by atoms with Crippen LogP contribution in [0.25, 0.3) is 16.9 Å². The number of aryl methyl sites for hydroxylation is 2. The molecule has 8 nitrogen and oxygen atoms in total. The van der Waals surface area contributed by atoms with E-state index in [4.69, 9.17) is 9.84 Å². The van der Waals surface area contributed by atoms with Crippen molar-refractivity contribution in [1.29, 1.82) is 0 Å². The Kier molecular flexibility index (Phi) is 6.07. The van der Waals surface area contributed by atoms with Crippen LogP contribution in [0.15, 0.2) is 67.0 Å². The number of carbonyl (C=O) groups excluding carboxylic acids is 1. The summed E-state index contributed by atoms with van der Waals surface area (Å²) in [5.41, 5.74) is 3.62. The largest absolute Gasteiger partial charge is 0.496 e. The zero-order chi connectivity index (χ0) is 21.6. The van der Waals surface area contributed by atoms with E-state index in [0.29, 0.717) is 23.6 Å². The number of nitrogens with zero attached hydrogens (tertiary/aromatic N) is 5. The lowest BCUT2D eigenvalue weighted by atomic mass is 10.1. The zero-order valence-corrected chi connectivity index (χ0v) is 17.5. The Morgan fingerprint density at radius 2 is 1.84 bits per heavy atom. The number of hydrogen-bond acceptors (Lipinski definition) is 5. The summed E-state index contributed by atoms with van der Waals surface area (Å²) < 4.78 is 7.22. The van der Waals surface area contributed by atoms with Crippen molar-refractivity contribution in [1.82, 2.24) is 30.1 Å². The van der Waals surface area contributed by atoms with Crippen LogP contribution in [0.3, 0.4) is 0 Å². The van der Waals surface area contributed by atoms with Crippen molar-refractivity contribution in [2.24, 2.45) is 7.05 Å². The molecule has 0 aliphatic heterocycles. The molecular formula is C23H24N6O2. The molecule has 0 atom stereocenters. The first-order valence-corrected chi connectivity index (χ1v) is 10.1. The van der Waals surface area contributed by atoms with Gasteiger partial charge in [-0.05, 0) is 37.1 Å². The second-order valence-electron chi connectivity index (χ2n) is 7.06. The molecule has 0 radical (unpaired) electrons. The van der Waals surface area contributed by atoms with Crippen LogP contribution in [0.4, 0.5) is 0 Å². The summed E-state index contributed by atoms with van der Waals surface area (Å²) in [6, 6.07) is 17.3. The summed E-state index contributed by atoms with van der Waals surface area (Å²) in [5, 5.41) is 16.0. The maximum Gasteiger partial charge on any atom is 0.255 e. The number of carbonyl (C=O) groups is 1. The van der Waals surface area contributed by atoms with Crippen LogP contribution in [0.5, 0.6) is 5.75 Å². The van der Waals surface area contributed by atoms with E-state index in [1.54, 1.807) is 31.2 Å². The fourth-order valence-corrected chi connectivity index (χ4v) is 3.36. The van der Waals surface area contributed by atoms with Crippen LogP contribution in [-0.2, 0) is 13.5 Å². The number of nitrogens with one attached hydrogen (secondary N) is 1. The second kappa shape index (κ2) is 9.25. The highest BCUT2D eigenvalue weighted by Crippen LogP contribution is 2.31. The smallest absolute Gasteiger partial charge is 0.255 e. The van der Waals surface area contributed by atoms with Gasteiger partial charge in [-0.3, -0.25) is 4.79 Å². The van der Waals surface area contributed by atoms with Crippen molar-refractivity contribution in [3.63, 3.8) is 0 Å². The molecule has 4 rings (SSSR count). The number of ether oxygens (including phenoxy) is 1. The third-order valence-corrected chi connectivity index (χ3v) is 4.88.